The van der Waals surface area contributed by atoms with E-state index in [-0.39, 0.29) is 16.3 Å². The molecule has 4 nitrogen and oxygen atoms in total. The summed E-state index contributed by atoms with van der Waals surface area (Å²) in [5.74, 6) is -1.23. The lowest BCUT2D eigenvalue weighted by Crippen LogP contribution is -2.33. The Bertz CT molecular complexity index is 208. The molecule has 0 amide bonds. The molecule has 0 rings (SSSR count). The van der Waals surface area contributed by atoms with Gasteiger partial charge in [0.2, 0.25) is 0 Å². The molecule has 0 bridgehead atoms. The topological polar surface area (TPSA) is 77.4 Å². The second-order valence-electron chi connectivity index (χ2n) is 2.93. The number of hydrogen-bond acceptors (Lipinski definition) is 4. The maximum Gasteiger partial charge on any atom is 0.304 e. The van der Waals surface area contributed by atoms with Crippen molar-refractivity contribution in [2.75, 3.05) is 17.8 Å². The molecule has 82 valence electrons. The van der Waals surface area contributed by atoms with Crippen molar-refractivity contribution in [3.05, 3.63) is 0 Å². The summed E-state index contributed by atoms with van der Waals surface area (Å²) in [4.78, 5) is 20.6. The Morgan fingerprint density at radius 3 is 2.57 bits per heavy atom. The highest BCUT2D eigenvalue weighted by molar-refractivity contribution is 8.73. The Hall–Kier alpha value is -0.360. The van der Waals surface area contributed by atoms with E-state index in [4.69, 9.17) is 5.11 Å². The van der Waals surface area contributed by atoms with Gasteiger partial charge in [-0.05, 0) is 0 Å². The largest absolute Gasteiger partial charge is 0.550 e. The molecule has 0 radical (unpaired) electrons. The summed E-state index contributed by atoms with van der Waals surface area (Å²) in [5, 5.41) is 18.8. The minimum Gasteiger partial charge on any atom is -0.550 e. The van der Waals surface area contributed by atoms with Crippen LogP contribution in [0.3, 0.4) is 0 Å². The number of carboxylic acid groups (broad SMARTS) is 2. The second-order valence-corrected chi connectivity index (χ2v) is 7.46. The molecule has 0 fully saturated rings. The predicted octanol–water partition coefficient (Wildman–Crippen LogP) is -0.257. The maximum absolute atomic E-state index is 10.4. The molecule has 0 aliphatic carbocycles. The normalized spacial score (nSPS) is 14.7. The zero-order chi connectivity index (χ0) is 11.1. The Balaban J connectivity index is 3.59. The van der Waals surface area contributed by atoms with Crippen molar-refractivity contribution in [1.29, 1.82) is 0 Å². The molecular formula is C8H14O4S2. The van der Waals surface area contributed by atoms with Gasteiger partial charge in [0.1, 0.15) is 12.0 Å². The SMILES string of the molecule is CC(C[S+](C)SCCC(=O)O)C(=O)[O-]. The number of hydrogen-bond donors (Lipinski definition) is 1. The number of rotatable bonds is 7. The lowest BCUT2D eigenvalue weighted by atomic mass is 10.2. The molecule has 0 aromatic heterocycles. The summed E-state index contributed by atoms with van der Waals surface area (Å²) in [6, 6.07) is 0. The summed E-state index contributed by atoms with van der Waals surface area (Å²) in [6.45, 7) is 1.61. The van der Waals surface area contributed by atoms with Gasteiger partial charge in [-0.3, -0.25) is 4.79 Å². The van der Waals surface area contributed by atoms with Crippen LogP contribution < -0.4 is 5.11 Å². The van der Waals surface area contributed by atoms with Gasteiger partial charge in [-0.1, -0.05) is 6.92 Å². The molecule has 6 heteroatoms. The fourth-order valence-corrected chi connectivity index (χ4v) is 4.22. The Morgan fingerprint density at radius 2 is 2.14 bits per heavy atom. The first-order valence-corrected chi connectivity index (χ1v) is 7.42. The average molecular weight is 238 g/mol. The van der Waals surface area contributed by atoms with E-state index in [1.54, 1.807) is 6.92 Å². The van der Waals surface area contributed by atoms with Gasteiger partial charge in [0.05, 0.1) is 32.9 Å². The van der Waals surface area contributed by atoms with Crippen LogP contribution in [0.2, 0.25) is 0 Å². The third-order valence-electron chi connectivity index (χ3n) is 1.49. The molecule has 0 saturated carbocycles. The highest BCUT2D eigenvalue weighted by Gasteiger charge is 2.19. The lowest BCUT2D eigenvalue weighted by molar-refractivity contribution is -0.310. The molecule has 0 aliphatic rings. The van der Waals surface area contributed by atoms with Gasteiger partial charge in [0, 0.05) is 11.9 Å². The van der Waals surface area contributed by atoms with Crippen LogP contribution in [-0.2, 0) is 19.5 Å². The molecular weight excluding hydrogens is 224 g/mol. The van der Waals surface area contributed by atoms with Crippen LogP contribution in [0, 0.1) is 5.92 Å². The summed E-state index contributed by atoms with van der Waals surface area (Å²) < 4.78 is 0. The third-order valence-corrected chi connectivity index (χ3v) is 5.35. The summed E-state index contributed by atoms with van der Waals surface area (Å²) >= 11 is 0. The van der Waals surface area contributed by atoms with Crippen molar-refractivity contribution in [1.82, 2.24) is 0 Å². The highest BCUT2D eigenvalue weighted by atomic mass is 33.1. The first-order chi connectivity index (χ1) is 6.43. The van der Waals surface area contributed by atoms with E-state index in [0.717, 1.165) is 0 Å². The molecule has 2 atom stereocenters. The minimum absolute atomic E-state index is 0.105. The number of carboxylic acids is 2. The molecule has 1 N–H and O–H groups in total. The molecule has 0 aromatic rings. The van der Waals surface area contributed by atoms with Crippen molar-refractivity contribution >= 4 is 32.7 Å². The van der Waals surface area contributed by atoms with Crippen molar-refractivity contribution in [3.8, 4) is 0 Å². The minimum atomic E-state index is -1.04. The number of aliphatic carboxylic acids is 2. The molecule has 0 aliphatic heterocycles. The Morgan fingerprint density at radius 1 is 1.57 bits per heavy atom. The first kappa shape index (κ1) is 13.6. The van der Waals surface area contributed by atoms with Crippen molar-refractivity contribution < 1.29 is 19.8 Å². The van der Waals surface area contributed by atoms with E-state index in [1.165, 1.54) is 10.8 Å². The van der Waals surface area contributed by atoms with Crippen LogP contribution in [0.1, 0.15) is 13.3 Å². The quantitative estimate of drug-likeness (QED) is 0.488. The maximum atomic E-state index is 10.4. The van der Waals surface area contributed by atoms with Crippen LogP contribution in [0.15, 0.2) is 0 Å². The predicted molar refractivity (Wildman–Crippen MR) is 57.0 cm³/mol. The molecule has 0 spiro atoms. The Labute approximate surface area is 89.8 Å². The van der Waals surface area contributed by atoms with E-state index in [9.17, 15) is 14.7 Å². The van der Waals surface area contributed by atoms with Gasteiger partial charge in [-0.2, -0.15) is 0 Å². The van der Waals surface area contributed by atoms with E-state index in [2.05, 4.69) is 0 Å². The molecule has 2 unspecified atom stereocenters. The third kappa shape index (κ3) is 7.08. The Kier molecular flexibility index (Phi) is 6.82. The van der Waals surface area contributed by atoms with Gasteiger partial charge in [0.15, 0.2) is 0 Å². The fraction of sp³-hybridized carbons (Fsp3) is 0.750. The van der Waals surface area contributed by atoms with Crippen molar-refractivity contribution in [2.45, 2.75) is 13.3 Å². The van der Waals surface area contributed by atoms with E-state index in [0.29, 0.717) is 11.5 Å². The zero-order valence-electron chi connectivity index (χ0n) is 8.19. The highest BCUT2D eigenvalue weighted by Crippen LogP contribution is 2.17. The van der Waals surface area contributed by atoms with Gasteiger partial charge in [-0.25, -0.2) is 0 Å². The molecule has 14 heavy (non-hydrogen) atoms. The summed E-state index contributed by atoms with van der Waals surface area (Å²) in [5.41, 5.74) is 0. The van der Waals surface area contributed by atoms with E-state index < -0.39 is 17.9 Å². The van der Waals surface area contributed by atoms with Crippen molar-refractivity contribution in [3.63, 3.8) is 0 Å². The van der Waals surface area contributed by atoms with Gasteiger partial charge < -0.3 is 15.0 Å². The van der Waals surface area contributed by atoms with Crippen LogP contribution in [0.5, 0.6) is 0 Å². The molecule has 0 aromatic carbocycles. The molecule has 0 heterocycles. The monoisotopic (exact) mass is 238 g/mol. The summed E-state index contributed by atoms with van der Waals surface area (Å²) in [6.07, 6.45) is 2.05. The standard InChI is InChI=1S/C8H14O4S2/c1-6(8(11)12)5-14(2)13-4-3-7(9)10/h6H,3-5H2,1-2H3,(H-,9,10,11,12). The summed E-state index contributed by atoms with van der Waals surface area (Å²) in [7, 11) is 1.40. The fourth-order valence-electron chi connectivity index (χ4n) is 0.739. The lowest BCUT2D eigenvalue weighted by Gasteiger charge is -2.09. The van der Waals surface area contributed by atoms with Crippen LogP contribution >= 0.6 is 10.8 Å². The van der Waals surface area contributed by atoms with E-state index in [1.807, 2.05) is 6.26 Å². The average Bonchev–Trinajstić information content (AvgIpc) is 2.02. The smallest absolute Gasteiger partial charge is 0.304 e. The molecule has 0 saturated heterocycles. The van der Waals surface area contributed by atoms with Crippen LogP contribution in [0.25, 0.3) is 0 Å². The van der Waals surface area contributed by atoms with Crippen LogP contribution in [0.4, 0.5) is 0 Å². The number of carbonyl (C=O) groups excluding carboxylic acids is 1. The van der Waals surface area contributed by atoms with Crippen LogP contribution in [-0.4, -0.2) is 34.8 Å². The van der Waals surface area contributed by atoms with Gasteiger partial charge >= 0.3 is 5.97 Å². The number of carbonyl (C=O) groups is 2. The van der Waals surface area contributed by atoms with Gasteiger partial charge in [0.25, 0.3) is 0 Å². The zero-order valence-corrected chi connectivity index (χ0v) is 9.82. The van der Waals surface area contributed by atoms with Crippen molar-refractivity contribution in [2.24, 2.45) is 5.92 Å². The first-order valence-electron chi connectivity index (χ1n) is 4.12. The van der Waals surface area contributed by atoms with Gasteiger partial charge in [-0.15, -0.1) is 0 Å². The van der Waals surface area contributed by atoms with E-state index >= 15 is 0 Å². The second kappa shape index (κ2) is 7.00.